The van der Waals surface area contributed by atoms with E-state index in [-0.39, 0.29) is 0 Å². The summed E-state index contributed by atoms with van der Waals surface area (Å²) in [7, 11) is 5.90. The van der Waals surface area contributed by atoms with Crippen molar-refractivity contribution in [2.75, 3.05) is 34.2 Å². The summed E-state index contributed by atoms with van der Waals surface area (Å²) in [5.41, 5.74) is 0. The highest BCUT2D eigenvalue weighted by Crippen LogP contribution is 1.97. The first-order valence-corrected chi connectivity index (χ1v) is 4.84. The Kier molecular flexibility index (Phi) is 5.32. The molecule has 0 fully saturated rings. The molecule has 0 aliphatic rings. The van der Waals surface area contributed by atoms with Gasteiger partial charge < -0.3 is 4.48 Å². The van der Waals surface area contributed by atoms with Crippen molar-refractivity contribution in [1.29, 1.82) is 0 Å². The van der Waals surface area contributed by atoms with E-state index in [0.717, 1.165) is 11.0 Å². The fraction of sp³-hybridized carbons (Fsp3) is 0.556. The molecule has 0 spiro atoms. The summed E-state index contributed by atoms with van der Waals surface area (Å²) in [6.07, 6.45) is 1.09. The van der Waals surface area contributed by atoms with E-state index >= 15 is 0 Å². The third-order valence-electron chi connectivity index (χ3n) is 1.76. The van der Waals surface area contributed by atoms with Crippen LogP contribution in [0.3, 0.4) is 0 Å². The van der Waals surface area contributed by atoms with Crippen LogP contribution in [0.25, 0.3) is 0 Å². The summed E-state index contributed by atoms with van der Waals surface area (Å²) < 4.78 is 0.649. The van der Waals surface area contributed by atoms with Crippen molar-refractivity contribution in [3.8, 4) is 0 Å². The number of urea groups is 1. The standard InChI is InChI=1S/C9H16ClN3O2/c1-5-8(14)12(9(15)11-10)6-7-13(2,3)4/h5H,1,6-7H2,2-4H3/p+1. The number of amides is 3. The molecule has 6 heteroatoms. The molecule has 0 aliphatic carbocycles. The highest BCUT2D eigenvalue weighted by Gasteiger charge is 2.21. The van der Waals surface area contributed by atoms with E-state index in [0.29, 0.717) is 17.6 Å². The van der Waals surface area contributed by atoms with Gasteiger partial charge in [0, 0.05) is 11.8 Å². The van der Waals surface area contributed by atoms with Gasteiger partial charge in [0.1, 0.15) is 0 Å². The van der Waals surface area contributed by atoms with Crippen LogP contribution in [0.4, 0.5) is 4.79 Å². The molecule has 0 saturated carbocycles. The first-order chi connectivity index (χ1) is 6.81. The van der Waals surface area contributed by atoms with Gasteiger partial charge in [0.05, 0.1) is 34.2 Å². The van der Waals surface area contributed by atoms with Crippen LogP contribution in [0.1, 0.15) is 0 Å². The quantitative estimate of drug-likeness (QED) is 0.439. The van der Waals surface area contributed by atoms with Crippen LogP contribution >= 0.6 is 11.8 Å². The van der Waals surface area contributed by atoms with Gasteiger partial charge >= 0.3 is 6.03 Å². The molecule has 0 aromatic rings. The molecule has 86 valence electrons. The van der Waals surface area contributed by atoms with Crippen LogP contribution in [0.2, 0.25) is 0 Å². The van der Waals surface area contributed by atoms with Crippen LogP contribution in [0, 0.1) is 0 Å². The first kappa shape index (κ1) is 13.9. The minimum Gasteiger partial charge on any atom is -0.329 e. The molecule has 0 heterocycles. The fourth-order valence-electron chi connectivity index (χ4n) is 0.873. The molecular formula is C9H17ClN3O2+. The summed E-state index contributed by atoms with van der Waals surface area (Å²) in [5, 5.41) is 0. The van der Waals surface area contributed by atoms with E-state index in [1.807, 2.05) is 26.0 Å². The maximum absolute atomic E-state index is 11.3. The minimum absolute atomic E-state index is 0.299. The molecule has 3 amide bonds. The number of nitrogens with one attached hydrogen (secondary N) is 1. The third-order valence-corrected chi connectivity index (χ3v) is 1.92. The first-order valence-electron chi connectivity index (χ1n) is 4.47. The van der Waals surface area contributed by atoms with Crippen LogP contribution in [-0.2, 0) is 4.79 Å². The van der Waals surface area contributed by atoms with Crippen molar-refractivity contribution >= 4 is 23.7 Å². The monoisotopic (exact) mass is 234 g/mol. The molecule has 0 atom stereocenters. The molecule has 0 unspecified atom stereocenters. The Hall–Kier alpha value is -1.07. The number of carbonyl (C=O) groups excluding carboxylic acids is 2. The lowest BCUT2D eigenvalue weighted by atomic mass is 10.4. The van der Waals surface area contributed by atoms with Gasteiger partial charge in [-0.1, -0.05) is 6.58 Å². The summed E-state index contributed by atoms with van der Waals surface area (Å²) in [5.74, 6) is -0.457. The number of carbonyl (C=O) groups is 2. The third kappa shape index (κ3) is 5.39. The molecule has 0 bridgehead atoms. The highest BCUT2D eigenvalue weighted by molar-refractivity contribution is 6.22. The Morgan fingerprint density at radius 1 is 1.47 bits per heavy atom. The summed E-state index contributed by atoms with van der Waals surface area (Å²) in [6.45, 7) is 4.26. The molecule has 0 radical (unpaired) electrons. The molecule has 1 N–H and O–H groups in total. The lowest BCUT2D eigenvalue weighted by Gasteiger charge is -2.27. The van der Waals surface area contributed by atoms with Crippen molar-refractivity contribution in [3.63, 3.8) is 0 Å². The lowest BCUT2D eigenvalue weighted by molar-refractivity contribution is -0.869. The topological polar surface area (TPSA) is 49.4 Å². The number of nitrogens with zero attached hydrogens (tertiary/aromatic N) is 2. The van der Waals surface area contributed by atoms with Crippen LogP contribution in [0.5, 0.6) is 0 Å². The van der Waals surface area contributed by atoms with Gasteiger partial charge in [0.25, 0.3) is 5.91 Å². The maximum Gasteiger partial charge on any atom is 0.339 e. The Morgan fingerprint density at radius 2 is 2.00 bits per heavy atom. The normalized spacial score (nSPS) is 10.7. The molecular weight excluding hydrogens is 218 g/mol. The van der Waals surface area contributed by atoms with Gasteiger partial charge in [-0.2, -0.15) is 0 Å². The van der Waals surface area contributed by atoms with E-state index in [9.17, 15) is 9.59 Å². The Morgan fingerprint density at radius 3 is 2.33 bits per heavy atom. The molecule has 0 aromatic heterocycles. The second-order valence-electron chi connectivity index (χ2n) is 4.11. The van der Waals surface area contributed by atoms with Crippen molar-refractivity contribution in [1.82, 2.24) is 9.74 Å². The number of hydrogen-bond acceptors (Lipinski definition) is 2. The molecule has 5 nitrogen and oxygen atoms in total. The van der Waals surface area contributed by atoms with Gasteiger partial charge in [-0.25, -0.2) is 9.63 Å². The molecule has 0 saturated heterocycles. The van der Waals surface area contributed by atoms with E-state index in [4.69, 9.17) is 11.8 Å². The number of quaternary nitrogens is 1. The zero-order valence-electron chi connectivity index (χ0n) is 9.29. The molecule has 0 aromatic carbocycles. The van der Waals surface area contributed by atoms with Crippen molar-refractivity contribution in [2.45, 2.75) is 0 Å². The van der Waals surface area contributed by atoms with Gasteiger partial charge in [-0.05, 0) is 6.08 Å². The summed E-state index contributed by atoms with van der Waals surface area (Å²) >= 11 is 5.16. The van der Waals surface area contributed by atoms with E-state index in [1.165, 1.54) is 0 Å². The zero-order valence-corrected chi connectivity index (χ0v) is 10.0. The number of hydrogen-bond donors (Lipinski definition) is 1. The zero-order chi connectivity index (χ0) is 12.1. The molecule has 0 aliphatic heterocycles. The number of rotatable bonds is 4. The highest BCUT2D eigenvalue weighted by atomic mass is 35.5. The average Bonchev–Trinajstić information content (AvgIpc) is 2.15. The van der Waals surface area contributed by atoms with Gasteiger partial charge in [-0.15, -0.1) is 0 Å². The molecule has 0 rings (SSSR count). The smallest absolute Gasteiger partial charge is 0.329 e. The summed E-state index contributed by atoms with van der Waals surface area (Å²) in [4.78, 5) is 25.5. The number of halogens is 1. The number of imide groups is 1. The van der Waals surface area contributed by atoms with Crippen molar-refractivity contribution in [2.24, 2.45) is 0 Å². The largest absolute Gasteiger partial charge is 0.339 e. The van der Waals surface area contributed by atoms with Crippen LogP contribution in [0.15, 0.2) is 12.7 Å². The summed E-state index contributed by atoms with van der Waals surface area (Å²) in [6, 6.07) is -0.630. The Bertz CT molecular complexity index is 261. The lowest BCUT2D eigenvalue weighted by Crippen LogP contribution is -2.47. The number of likely N-dealkylation sites (N-methyl/N-ethyl adjacent to an activating group) is 1. The van der Waals surface area contributed by atoms with E-state index in [1.54, 1.807) is 0 Å². The second-order valence-corrected chi connectivity index (χ2v) is 4.30. The van der Waals surface area contributed by atoms with Gasteiger partial charge in [-0.3, -0.25) is 9.69 Å². The predicted molar refractivity (Wildman–Crippen MR) is 59.2 cm³/mol. The Labute approximate surface area is 95.0 Å². The average molecular weight is 235 g/mol. The van der Waals surface area contributed by atoms with Crippen LogP contribution in [-0.4, -0.2) is 55.6 Å². The van der Waals surface area contributed by atoms with Gasteiger partial charge in [0.2, 0.25) is 0 Å². The van der Waals surface area contributed by atoms with Crippen molar-refractivity contribution < 1.29 is 14.1 Å². The minimum atomic E-state index is -0.630. The molecule has 15 heavy (non-hydrogen) atoms. The Balaban J connectivity index is 4.46. The van der Waals surface area contributed by atoms with Crippen LogP contribution < -0.4 is 4.84 Å². The fourth-order valence-corrected chi connectivity index (χ4v) is 0.975. The predicted octanol–water partition coefficient (Wildman–Crippen LogP) is 0.571. The SMILES string of the molecule is C=CC(=O)N(CC[N+](C)(C)C)C(=O)NCl. The van der Waals surface area contributed by atoms with E-state index in [2.05, 4.69) is 6.58 Å². The second kappa shape index (κ2) is 5.72. The van der Waals surface area contributed by atoms with E-state index < -0.39 is 11.9 Å². The van der Waals surface area contributed by atoms with Crippen molar-refractivity contribution in [3.05, 3.63) is 12.7 Å². The maximum atomic E-state index is 11.3. The van der Waals surface area contributed by atoms with Gasteiger partial charge in [0.15, 0.2) is 0 Å².